The van der Waals surface area contributed by atoms with Gasteiger partial charge in [0, 0.05) is 17.5 Å². The van der Waals surface area contributed by atoms with E-state index in [1.54, 1.807) is 13.0 Å². The van der Waals surface area contributed by atoms with Gasteiger partial charge < -0.3 is 4.74 Å². The molecule has 0 spiro atoms. The number of para-hydroxylation sites is 1. The Morgan fingerprint density at radius 1 is 1.21 bits per heavy atom. The van der Waals surface area contributed by atoms with E-state index in [2.05, 4.69) is 27.4 Å². The van der Waals surface area contributed by atoms with E-state index in [4.69, 9.17) is 4.74 Å². The van der Waals surface area contributed by atoms with Crippen molar-refractivity contribution in [1.29, 1.82) is 0 Å². The number of fused-ring (bicyclic) bond motifs is 1. The van der Waals surface area contributed by atoms with Crippen molar-refractivity contribution >= 4 is 39.2 Å². The summed E-state index contributed by atoms with van der Waals surface area (Å²) in [4.78, 5) is 29.7. The first kappa shape index (κ1) is 19.9. The average molecular weight is 398 g/mol. The Morgan fingerprint density at radius 3 is 2.75 bits per heavy atom. The highest BCUT2D eigenvalue weighted by molar-refractivity contribution is 7.15. The third-order valence-electron chi connectivity index (χ3n) is 4.14. The van der Waals surface area contributed by atoms with Crippen LogP contribution in [0.4, 0.5) is 5.13 Å². The van der Waals surface area contributed by atoms with E-state index in [0.717, 1.165) is 17.8 Å². The van der Waals surface area contributed by atoms with Gasteiger partial charge in [0.15, 0.2) is 6.10 Å². The Morgan fingerprint density at radius 2 is 2.00 bits per heavy atom. The number of ether oxygens (including phenoxy) is 1. The summed E-state index contributed by atoms with van der Waals surface area (Å²) in [6.07, 6.45) is 1.20. The molecule has 3 rings (SSSR count). The van der Waals surface area contributed by atoms with Gasteiger partial charge in [-0.05, 0) is 31.9 Å². The summed E-state index contributed by atoms with van der Waals surface area (Å²) in [5, 5.41) is 12.7. The van der Waals surface area contributed by atoms with Crippen LogP contribution in [0, 0.1) is 6.92 Å². The number of amides is 1. The van der Waals surface area contributed by atoms with Crippen molar-refractivity contribution < 1.29 is 14.3 Å². The fourth-order valence-electron chi connectivity index (χ4n) is 2.80. The van der Waals surface area contributed by atoms with Crippen LogP contribution in [-0.2, 0) is 16.0 Å². The van der Waals surface area contributed by atoms with Crippen LogP contribution in [0.5, 0.6) is 0 Å². The molecule has 0 aliphatic rings. The summed E-state index contributed by atoms with van der Waals surface area (Å²) in [5.41, 5.74) is 1.82. The normalized spacial score (nSPS) is 12.0. The summed E-state index contributed by atoms with van der Waals surface area (Å²) in [6.45, 7) is 5.66. The van der Waals surface area contributed by atoms with Crippen molar-refractivity contribution in [3.05, 3.63) is 46.6 Å². The summed E-state index contributed by atoms with van der Waals surface area (Å²) in [5.74, 6) is -0.960. The van der Waals surface area contributed by atoms with E-state index in [1.165, 1.54) is 11.3 Å². The van der Waals surface area contributed by atoms with Crippen LogP contribution in [0.25, 0.3) is 10.9 Å². The molecule has 8 heteroatoms. The number of aromatic nitrogens is 3. The summed E-state index contributed by atoms with van der Waals surface area (Å²) >= 11 is 1.33. The largest absolute Gasteiger partial charge is 0.449 e. The molecule has 0 aliphatic carbocycles. The zero-order chi connectivity index (χ0) is 20.1. The van der Waals surface area contributed by atoms with Gasteiger partial charge in [-0.2, -0.15) is 0 Å². The Labute approximate surface area is 167 Å². The molecule has 2 aromatic heterocycles. The SMILES string of the molecule is CCCc1nnc(NC(=O)[C@@H](CC)OC(=O)c2cc(C)nc3ccccc23)s1. The Bertz CT molecular complexity index is 1000. The summed E-state index contributed by atoms with van der Waals surface area (Å²) < 4.78 is 5.51. The Balaban J connectivity index is 1.75. The molecular weight excluding hydrogens is 376 g/mol. The van der Waals surface area contributed by atoms with Gasteiger partial charge in [0.25, 0.3) is 5.91 Å². The number of carbonyl (C=O) groups excluding carboxylic acids is 2. The van der Waals surface area contributed by atoms with Gasteiger partial charge in [0.1, 0.15) is 5.01 Å². The zero-order valence-corrected chi connectivity index (χ0v) is 16.9. The van der Waals surface area contributed by atoms with Crippen molar-refractivity contribution in [1.82, 2.24) is 15.2 Å². The number of nitrogens with one attached hydrogen (secondary N) is 1. The number of anilines is 1. The van der Waals surface area contributed by atoms with Crippen molar-refractivity contribution in [2.45, 2.75) is 46.1 Å². The van der Waals surface area contributed by atoms with Crippen LogP contribution in [0.15, 0.2) is 30.3 Å². The number of esters is 1. The lowest BCUT2D eigenvalue weighted by Crippen LogP contribution is -2.32. The highest BCUT2D eigenvalue weighted by atomic mass is 32.1. The standard InChI is InChI=1S/C20H22N4O3S/c1-4-8-17-23-24-20(28-17)22-18(25)16(5-2)27-19(26)14-11-12(3)21-15-10-7-6-9-13(14)15/h6-7,9-11,16H,4-5,8H2,1-3H3,(H,22,24,25)/t16-/m1/s1. The second-order valence-electron chi connectivity index (χ2n) is 6.37. The van der Waals surface area contributed by atoms with Crippen LogP contribution in [0.2, 0.25) is 0 Å². The molecule has 0 fully saturated rings. The average Bonchev–Trinajstić information content (AvgIpc) is 3.12. The molecule has 1 atom stereocenters. The van der Waals surface area contributed by atoms with E-state index >= 15 is 0 Å². The van der Waals surface area contributed by atoms with Gasteiger partial charge in [-0.1, -0.05) is 43.4 Å². The number of aryl methyl sites for hydroxylation is 2. The van der Waals surface area contributed by atoms with E-state index in [-0.39, 0.29) is 0 Å². The highest BCUT2D eigenvalue weighted by Crippen LogP contribution is 2.21. The Kier molecular flexibility index (Phi) is 6.30. The number of benzene rings is 1. The minimum atomic E-state index is -0.918. The first-order valence-electron chi connectivity index (χ1n) is 9.22. The predicted octanol–water partition coefficient (Wildman–Crippen LogP) is 3.92. The van der Waals surface area contributed by atoms with Crippen molar-refractivity contribution in [3.8, 4) is 0 Å². The van der Waals surface area contributed by atoms with Crippen molar-refractivity contribution in [2.75, 3.05) is 5.32 Å². The van der Waals surface area contributed by atoms with Crippen LogP contribution >= 0.6 is 11.3 Å². The van der Waals surface area contributed by atoms with Gasteiger partial charge in [0.2, 0.25) is 5.13 Å². The molecule has 28 heavy (non-hydrogen) atoms. The smallest absolute Gasteiger partial charge is 0.339 e. The van der Waals surface area contributed by atoms with Crippen LogP contribution < -0.4 is 5.32 Å². The van der Waals surface area contributed by atoms with Crippen molar-refractivity contribution in [2.24, 2.45) is 0 Å². The maximum Gasteiger partial charge on any atom is 0.339 e. The van der Waals surface area contributed by atoms with E-state index < -0.39 is 18.0 Å². The molecule has 1 aromatic carbocycles. The zero-order valence-electron chi connectivity index (χ0n) is 16.1. The molecule has 7 nitrogen and oxygen atoms in total. The fraction of sp³-hybridized carbons (Fsp3) is 0.350. The predicted molar refractivity (Wildman–Crippen MR) is 109 cm³/mol. The monoisotopic (exact) mass is 398 g/mol. The van der Waals surface area contributed by atoms with Gasteiger partial charge >= 0.3 is 5.97 Å². The first-order valence-corrected chi connectivity index (χ1v) is 10.0. The fourth-order valence-corrected chi connectivity index (χ4v) is 3.64. The second kappa shape index (κ2) is 8.88. The van der Waals surface area contributed by atoms with Gasteiger partial charge in [-0.25, -0.2) is 4.79 Å². The molecule has 1 N–H and O–H groups in total. The molecule has 0 aliphatic heterocycles. The number of rotatable bonds is 7. The minimum Gasteiger partial charge on any atom is -0.449 e. The molecule has 0 saturated carbocycles. The number of pyridine rings is 1. The topological polar surface area (TPSA) is 94.1 Å². The lowest BCUT2D eigenvalue weighted by Gasteiger charge is -2.16. The third-order valence-corrected chi connectivity index (χ3v) is 5.04. The molecule has 0 saturated heterocycles. The third kappa shape index (κ3) is 4.51. The van der Waals surface area contributed by atoms with Gasteiger partial charge in [-0.3, -0.25) is 15.1 Å². The molecule has 146 valence electrons. The van der Waals surface area contributed by atoms with E-state index in [9.17, 15) is 9.59 Å². The molecule has 0 bridgehead atoms. The van der Waals surface area contributed by atoms with E-state index in [1.807, 2.05) is 31.2 Å². The summed E-state index contributed by atoms with van der Waals surface area (Å²) in [6, 6.07) is 9.03. The minimum absolute atomic E-state index is 0.347. The second-order valence-corrected chi connectivity index (χ2v) is 7.43. The van der Waals surface area contributed by atoms with Gasteiger partial charge in [0.05, 0.1) is 11.1 Å². The summed E-state index contributed by atoms with van der Waals surface area (Å²) in [7, 11) is 0. The lowest BCUT2D eigenvalue weighted by molar-refractivity contribution is -0.124. The highest BCUT2D eigenvalue weighted by Gasteiger charge is 2.24. The maximum atomic E-state index is 12.8. The number of carbonyl (C=O) groups is 2. The number of nitrogens with zero attached hydrogens (tertiary/aromatic N) is 3. The molecule has 0 radical (unpaired) electrons. The van der Waals surface area contributed by atoms with Crippen molar-refractivity contribution in [3.63, 3.8) is 0 Å². The van der Waals surface area contributed by atoms with E-state index in [0.29, 0.717) is 33.7 Å². The van der Waals surface area contributed by atoms with Gasteiger partial charge in [-0.15, -0.1) is 10.2 Å². The molecule has 2 heterocycles. The lowest BCUT2D eigenvalue weighted by atomic mass is 10.1. The molecule has 3 aromatic rings. The first-order chi connectivity index (χ1) is 13.5. The maximum absolute atomic E-state index is 12.8. The molecule has 1 amide bonds. The van der Waals surface area contributed by atoms with Crippen LogP contribution in [0.3, 0.4) is 0 Å². The molecular formula is C20H22N4O3S. The number of hydrogen-bond acceptors (Lipinski definition) is 7. The van der Waals surface area contributed by atoms with Crippen LogP contribution in [0.1, 0.15) is 47.7 Å². The quantitative estimate of drug-likeness (QED) is 0.606. The number of hydrogen-bond donors (Lipinski definition) is 1. The molecule has 0 unspecified atom stereocenters. The van der Waals surface area contributed by atoms with Crippen LogP contribution in [-0.4, -0.2) is 33.2 Å². The Hall–Kier alpha value is -2.87.